The van der Waals surface area contributed by atoms with Crippen LogP contribution in [0.15, 0.2) is 30.3 Å². The number of methoxy groups -OCH3 is 1. The molecule has 100 valence electrons. The van der Waals surface area contributed by atoms with E-state index < -0.39 is 0 Å². The predicted octanol–water partition coefficient (Wildman–Crippen LogP) is 4.32. The molecule has 19 heavy (non-hydrogen) atoms. The zero-order chi connectivity index (χ0) is 13.2. The first kappa shape index (κ1) is 12.8. The molecule has 2 aromatic rings. The van der Waals surface area contributed by atoms with E-state index in [9.17, 15) is 0 Å². The minimum Gasteiger partial charge on any atom is -0.496 e. The number of ether oxygens (including phenoxy) is 1. The Kier molecular flexibility index (Phi) is 3.63. The highest BCUT2D eigenvalue weighted by molar-refractivity contribution is 6.31. The molecule has 0 spiro atoms. The van der Waals surface area contributed by atoms with E-state index in [0.29, 0.717) is 6.04 Å². The number of fused-ring (bicyclic) bond motifs is 1. The van der Waals surface area contributed by atoms with Gasteiger partial charge >= 0.3 is 0 Å². The van der Waals surface area contributed by atoms with E-state index in [-0.39, 0.29) is 0 Å². The van der Waals surface area contributed by atoms with Crippen LogP contribution in [0.4, 0.5) is 0 Å². The van der Waals surface area contributed by atoms with Crippen LogP contribution in [0.3, 0.4) is 0 Å². The Balaban J connectivity index is 2.10. The van der Waals surface area contributed by atoms with Gasteiger partial charge in [0, 0.05) is 16.6 Å². The van der Waals surface area contributed by atoms with Gasteiger partial charge in [0.15, 0.2) is 0 Å². The van der Waals surface area contributed by atoms with E-state index in [4.69, 9.17) is 16.3 Å². The number of benzene rings is 2. The molecule has 1 aliphatic heterocycles. The molecule has 0 amide bonds. The highest BCUT2D eigenvalue weighted by Crippen LogP contribution is 2.34. The van der Waals surface area contributed by atoms with Gasteiger partial charge in [-0.15, -0.1) is 0 Å². The monoisotopic (exact) mass is 275 g/mol. The summed E-state index contributed by atoms with van der Waals surface area (Å²) in [5, 5.41) is 6.70. The Morgan fingerprint density at radius 2 is 2.05 bits per heavy atom. The van der Waals surface area contributed by atoms with Crippen LogP contribution in [0.1, 0.15) is 30.9 Å². The fourth-order valence-corrected chi connectivity index (χ4v) is 3.01. The van der Waals surface area contributed by atoms with Crippen LogP contribution in [-0.2, 0) is 0 Å². The summed E-state index contributed by atoms with van der Waals surface area (Å²) >= 11 is 6.08. The Morgan fingerprint density at radius 3 is 2.79 bits per heavy atom. The molecular formula is C16H18ClNO. The van der Waals surface area contributed by atoms with E-state index in [1.807, 2.05) is 18.2 Å². The molecule has 0 aliphatic carbocycles. The summed E-state index contributed by atoms with van der Waals surface area (Å²) in [7, 11) is 1.74. The molecule has 3 heteroatoms. The van der Waals surface area contributed by atoms with Crippen LogP contribution < -0.4 is 10.1 Å². The summed E-state index contributed by atoms with van der Waals surface area (Å²) in [6.45, 7) is 1.08. The number of hydrogen-bond donors (Lipinski definition) is 1. The average Bonchev–Trinajstić information content (AvgIpc) is 2.46. The third-order valence-electron chi connectivity index (χ3n) is 3.84. The van der Waals surface area contributed by atoms with Crippen molar-refractivity contribution >= 4 is 22.4 Å². The first-order chi connectivity index (χ1) is 9.28. The van der Waals surface area contributed by atoms with Crippen molar-refractivity contribution in [3.8, 4) is 5.75 Å². The topological polar surface area (TPSA) is 21.3 Å². The van der Waals surface area contributed by atoms with Gasteiger partial charge < -0.3 is 10.1 Å². The minimum atomic E-state index is 0.395. The summed E-state index contributed by atoms with van der Waals surface area (Å²) in [5.41, 5.74) is 1.25. The minimum absolute atomic E-state index is 0.395. The largest absolute Gasteiger partial charge is 0.496 e. The lowest BCUT2D eigenvalue weighted by Crippen LogP contribution is -2.27. The third kappa shape index (κ3) is 2.56. The van der Waals surface area contributed by atoms with Crippen molar-refractivity contribution in [3.63, 3.8) is 0 Å². The number of hydrogen-bond acceptors (Lipinski definition) is 2. The lowest BCUT2D eigenvalue weighted by Gasteiger charge is -2.25. The van der Waals surface area contributed by atoms with Crippen molar-refractivity contribution < 1.29 is 4.74 Å². The summed E-state index contributed by atoms with van der Waals surface area (Å²) in [6.07, 6.45) is 3.70. The maximum absolute atomic E-state index is 6.08. The van der Waals surface area contributed by atoms with E-state index in [2.05, 4.69) is 17.4 Å². The number of piperidine rings is 1. The van der Waals surface area contributed by atoms with Crippen LogP contribution in [0.25, 0.3) is 10.8 Å². The molecular weight excluding hydrogens is 258 g/mol. The molecule has 0 aromatic heterocycles. The van der Waals surface area contributed by atoms with E-state index >= 15 is 0 Å². The van der Waals surface area contributed by atoms with Gasteiger partial charge in [-0.3, -0.25) is 0 Å². The van der Waals surface area contributed by atoms with Crippen molar-refractivity contribution in [3.05, 3.63) is 40.9 Å². The first-order valence-corrected chi connectivity index (χ1v) is 7.16. The maximum Gasteiger partial charge on any atom is 0.124 e. The fourth-order valence-electron chi connectivity index (χ4n) is 2.83. The summed E-state index contributed by atoms with van der Waals surface area (Å²) in [6, 6.07) is 10.7. The van der Waals surface area contributed by atoms with Gasteiger partial charge in [0.05, 0.1) is 7.11 Å². The van der Waals surface area contributed by atoms with Crippen LogP contribution in [0, 0.1) is 0 Å². The Bertz CT molecular complexity index is 591. The molecule has 2 nitrogen and oxygen atoms in total. The number of halogens is 1. The second kappa shape index (κ2) is 5.40. The van der Waals surface area contributed by atoms with Gasteiger partial charge in [-0.1, -0.05) is 24.1 Å². The quantitative estimate of drug-likeness (QED) is 0.881. The molecule has 0 saturated carbocycles. The molecule has 2 aromatic carbocycles. The molecule has 1 heterocycles. The zero-order valence-corrected chi connectivity index (χ0v) is 11.8. The van der Waals surface area contributed by atoms with Gasteiger partial charge in [0.1, 0.15) is 5.75 Å². The van der Waals surface area contributed by atoms with Crippen LogP contribution in [0.5, 0.6) is 5.75 Å². The van der Waals surface area contributed by atoms with E-state index in [0.717, 1.165) is 17.3 Å². The lowest BCUT2D eigenvalue weighted by atomic mass is 9.94. The molecule has 0 bridgehead atoms. The maximum atomic E-state index is 6.08. The molecule has 1 aliphatic rings. The molecule has 1 atom stereocenters. The molecule has 1 fully saturated rings. The molecule has 1 saturated heterocycles. The third-order valence-corrected chi connectivity index (χ3v) is 4.07. The van der Waals surface area contributed by atoms with Gasteiger partial charge in [-0.25, -0.2) is 0 Å². The zero-order valence-electron chi connectivity index (χ0n) is 11.1. The lowest BCUT2D eigenvalue weighted by molar-refractivity contribution is 0.374. The van der Waals surface area contributed by atoms with Gasteiger partial charge in [0.25, 0.3) is 0 Å². The molecule has 0 radical (unpaired) electrons. The van der Waals surface area contributed by atoms with Crippen LogP contribution >= 0.6 is 11.6 Å². The van der Waals surface area contributed by atoms with E-state index in [1.54, 1.807) is 7.11 Å². The summed E-state index contributed by atoms with van der Waals surface area (Å²) < 4.78 is 5.56. The average molecular weight is 276 g/mol. The van der Waals surface area contributed by atoms with Crippen molar-refractivity contribution in [1.82, 2.24) is 5.32 Å². The predicted molar refractivity (Wildman–Crippen MR) is 80.1 cm³/mol. The second-order valence-electron chi connectivity index (χ2n) is 5.09. The highest BCUT2D eigenvalue weighted by Gasteiger charge is 2.19. The normalized spacial score (nSPS) is 19.6. The Hall–Kier alpha value is -1.25. The standard InChI is InChI=1S/C16H18ClNO/c1-19-16-10-11-5-6-13(17)8-12(11)9-14(16)15-4-2-3-7-18-15/h5-6,8-10,15,18H,2-4,7H2,1H3. The fraction of sp³-hybridized carbons (Fsp3) is 0.375. The van der Waals surface area contributed by atoms with Crippen molar-refractivity contribution in [2.75, 3.05) is 13.7 Å². The van der Waals surface area contributed by atoms with Crippen molar-refractivity contribution in [1.29, 1.82) is 0 Å². The Morgan fingerprint density at radius 1 is 1.16 bits per heavy atom. The van der Waals surface area contributed by atoms with Crippen molar-refractivity contribution in [2.45, 2.75) is 25.3 Å². The summed E-state index contributed by atoms with van der Waals surface area (Å²) in [5.74, 6) is 0.967. The molecule has 3 rings (SSSR count). The number of nitrogens with one attached hydrogen (secondary N) is 1. The van der Waals surface area contributed by atoms with Gasteiger partial charge in [-0.05, 0) is 54.4 Å². The first-order valence-electron chi connectivity index (χ1n) is 6.78. The summed E-state index contributed by atoms with van der Waals surface area (Å²) in [4.78, 5) is 0. The van der Waals surface area contributed by atoms with Crippen LogP contribution in [0.2, 0.25) is 5.02 Å². The molecule has 1 unspecified atom stereocenters. The van der Waals surface area contributed by atoms with E-state index in [1.165, 1.54) is 35.6 Å². The van der Waals surface area contributed by atoms with Crippen LogP contribution in [-0.4, -0.2) is 13.7 Å². The van der Waals surface area contributed by atoms with Gasteiger partial charge in [0.2, 0.25) is 0 Å². The SMILES string of the molecule is COc1cc2ccc(Cl)cc2cc1C1CCCCN1. The van der Waals surface area contributed by atoms with Gasteiger partial charge in [-0.2, -0.15) is 0 Å². The van der Waals surface area contributed by atoms with Crippen molar-refractivity contribution in [2.24, 2.45) is 0 Å². The highest BCUT2D eigenvalue weighted by atomic mass is 35.5. The smallest absolute Gasteiger partial charge is 0.124 e. The second-order valence-corrected chi connectivity index (χ2v) is 5.52. The number of rotatable bonds is 2. The molecule has 1 N–H and O–H groups in total. The Labute approximate surface area is 118 Å².